The molecule has 0 radical (unpaired) electrons. The second-order valence-electron chi connectivity index (χ2n) is 8.18. The molecule has 1 saturated heterocycles. The molecule has 3 aromatic rings. The number of pyridine rings is 1. The van der Waals surface area contributed by atoms with Crippen LogP contribution in [-0.2, 0) is 0 Å². The van der Waals surface area contributed by atoms with E-state index in [-0.39, 0.29) is 28.4 Å². The molecule has 1 atom stereocenters. The summed E-state index contributed by atoms with van der Waals surface area (Å²) >= 11 is 0. The summed E-state index contributed by atoms with van der Waals surface area (Å²) in [4.78, 5) is 14.4. The second-order valence-corrected chi connectivity index (χ2v) is 8.18. The van der Waals surface area contributed by atoms with Gasteiger partial charge in [0.15, 0.2) is 5.82 Å². The second kappa shape index (κ2) is 7.56. The van der Waals surface area contributed by atoms with Crippen molar-refractivity contribution in [2.45, 2.75) is 43.9 Å². The van der Waals surface area contributed by atoms with Crippen LogP contribution < -0.4 is 10.2 Å². The van der Waals surface area contributed by atoms with E-state index in [9.17, 15) is 18.7 Å². The molecule has 31 heavy (non-hydrogen) atoms. The standard InChI is InChI=1S/C22H21F3N4O2/c23-12-3-4-17(24)15(8-12)18-2-1-6-28(18)19-5-7-29-21(20(19)25)16(11-26-29)22(31)27-13-9-14(30)10-13/h3-5,7-8,11,13-14,18,30H,1-2,6,9-10H2,(H,27,31). The summed E-state index contributed by atoms with van der Waals surface area (Å²) in [6.45, 7) is 0.476. The third-order valence-corrected chi connectivity index (χ3v) is 6.17. The van der Waals surface area contributed by atoms with Gasteiger partial charge in [-0.3, -0.25) is 4.79 Å². The molecule has 162 valence electrons. The summed E-state index contributed by atoms with van der Waals surface area (Å²) in [6.07, 6.45) is 4.62. The fourth-order valence-corrected chi connectivity index (χ4v) is 4.53. The number of halogens is 3. The minimum absolute atomic E-state index is 0.0280. The molecule has 5 rings (SSSR count). The van der Waals surface area contributed by atoms with E-state index in [1.165, 1.54) is 16.8 Å². The van der Waals surface area contributed by atoms with Gasteiger partial charge in [0, 0.05) is 24.3 Å². The molecule has 1 unspecified atom stereocenters. The Morgan fingerprint density at radius 1 is 1.19 bits per heavy atom. The van der Waals surface area contributed by atoms with E-state index in [2.05, 4.69) is 10.4 Å². The van der Waals surface area contributed by atoms with Gasteiger partial charge in [-0.2, -0.15) is 5.10 Å². The molecule has 2 aliphatic rings. The highest BCUT2D eigenvalue weighted by Crippen LogP contribution is 2.39. The zero-order valence-electron chi connectivity index (χ0n) is 16.6. The zero-order valence-corrected chi connectivity index (χ0v) is 16.6. The van der Waals surface area contributed by atoms with E-state index in [0.29, 0.717) is 32.2 Å². The molecule has 1 aromatic carbocycles. The van der Waals surface area contributed by atoms with Gasteiger partial charge in [-0.05, 0) is 49.9 Å². The van der Waals surface area contributed by atoms with Crippen molar-refractivity contribution in [3.63, 3.8) is 0 Å². The number of aliphatic hydroxyl groups excluding tert-OH is 1. The molecule has 0 bridgehead atoms. The van der Waals surface area contributed by atoms with Gasteiger partial charge in [0.1, 0.15) is 17.2 Å². The van der Waals surface area contributed by atoms with Crippen molar-refractivity contribution in [3.8, 4) is 0 Å². The van der Waals surface area contributed by atoms with Gasteiger partial charge in [-0.1, -0.05) is 0 Å². The lowest BCUT2D eigenvalue weighted by Gasteiger charge is -2.31. The molecule has 2 fully saturated rings. The summed E-state index contributed by atoms with van der Waals surface area (Å²) in [5.74, 6) is -2.18. The summed E-state index contributed by atoms with van der Waals surface area (Å²) in [6, 6.07) is 4.17. The number of rotatable bonds is 4. The van der Waals surface area contributed by atoms with Crippen LogP contribution in [0.1, 0.15) is 47.6 Å². The first-order valence-electron chi connectivity index (χ1n) is 10.3. The lowest BCUT2D eigenvalue weighted by atomic mass is 9.89. The maximum Gasteiger partial charge on any atom is 0.255 e. The van der Waals surface area contributed by atoms with Crippen molar-refractivity contribution in [1.82, 2.24) is 14.9 Å². The number of hydrogen-bond donors (Lipinski definition) is 2. The van der Waals surface area contributed by atoms with Crippen LogP contribution in [-0.4, -0.2) is 39.3 Å². The molecule has 3 heterocycles. The summed E-state index contributed by atoms with van der Waals surface area (Å²) in [5, 5.41) is 16.3. The third kappa shape index (κ3) is 3.42. The Morgan fingerprint density at radius 3 is 2.77 bits per heavy atom. The lowest BCUT2D eigenvalue weighted by Crippen LogP contribution is -2.46. The predicted molar refractivity (Wildman–Crippen MR) is 107 cm³/mol. The van der Waals surface area contributed by atoms with Gasteiger partial charge in [0.05, 0.1) is 29.6 Å². The molecule has 2 N–H and O–H groups in total. The highest BCUT2D eigenvalue weighted by atomic mass is 19.1. The normalized spacial score (nSPS) is 23.2. The van der Waals surface area contributed by atoms with Crippen LogP contribution in [0.2, 0.25) is 0 Å². The minimum Gasteiger partial charge on any atom is -0.393 e. The molecule has 1 aliphatic heterocycles. The van der Waals surface area contributed by atoms with Crippen molar-refractivity contribution in [1.29, 1.82) is 0 Å². The maximum absolute atomic E-state index is 15.6. The van der Waals surface area contributed by atoms with Crippen molar-refractivity contribution in [2.24, 2.45) is 0 Å². The van der Waals surface area contributed by atoms with Crippen molar-refractivity contribution in [2.75, 3.05) is 11.4 Å². The lowest BCUT2D eigenvalue weighted by molar-refractivity contribution is 0.0563. The van der Waals surface area contributed by atoms with Crippen LogP contribution in [0.25, 0.3) is 5.52 Å². The fraction of sp³-hybridized carbons (Fsp3) is 0.364. The van der Waals surface area contributed by atoms with Gasteiger partial charge in [-0.15, -0.1) is 0 Å². The highest BCUT2D eigenvalue weighted by Gasteiger charge is 2.33. The molecule has 2 aromatic heterocycles. The largest absolute Gasteiger partial charge is 0.393 e. The van der Waals surface area contributed by atoms with E-state index in [1.54, 1.807) is 11.1 Å². The average molecular weight is 430 g/mol. The molecule has 9 heteroatoms. The molecule has 1 amide bonds. The smallest absolute Gasteiger partial charge is 0.255 e. The number of nitrogens with one attached hydrogen (secondary N) is 1. The summed E-state index contributed by atoms with van der Waals surface area (Å²) in [7, 11) is 0. The number of carbonyl (C=O) groups excluding carboxylic acids is 1. The van der Waals surface area contributed by atoms with E-state index in [1.807, 2.05) is 0 Å². The monoisotopic (exact) mass is 430 g/mol. The van der Waals surface area contributed by atoms with Crippen molar-refractivity contribution < 1.29 is 23.1 Å². The fourth-order valence-electron chi connectivity index (χ4n) is 4.53. The van der Waals surface area contributed by atoms with E-state index in [0.717, 1.165) is 18.2 Å². The Morgan fingerprint density at radius 2 is 2.00 bits per heavy atom. The number of anilines is 1. The Balaban J connectivity index is 1.50. The van der Waals surface area contributed by atoms with E-state index in [4.69, 9.17) is 0 Å². The molecular weight excluding hydrogens is 409 g/mol. The number of aromatic nitrogens is 2. The summed E-state index contributed by atoms with van der Waals surface area (Å²) < 4.78 is 45.1. The van der Waals surface area contributed by atoms with Gasteiger partial charge < -0.3 is 15.3 Å². The van der Waals surface area contributed by atoms with Gasteiger partial charge in [0.25, 0.3) is 5.91 Å². The predicted octanol–water partition coefficient (Wildman–Crippen LogP) is 3.35. The number of aliphatic hydroxyl groups is 1. The number of amides is 1. The number of hydrogen-bond acceptors (Lipinski definition) is 4. The topological polar surface area (TPSA) is 69.9 Å². The number of benzene rings is 1. The minimum atomic E-state index is -0.637. The van der Waals surface area contributed by atoms with Crippen molar-refractivity contribution >= 4 is 17.1 Å². The van der Waals surface area contributed by atoms with Gasteiger partial charge in [-0.25, -0.2) is 17.7 Å². The van der Waals surface area contributed by atoms with Crippen LogP contribution in [0.3, 0.4) is 0 Å². The number of carbonyl (C=O) groups is 1. The van der Waals surface area contributed by atoms with Crippen LogP contribution >= 0.6 is 0 Å². The van der Waals surface area contributed by atoms with Crippen LogP contribution in [0.4, 0.5) is 18.9 Å². The first-order valence-corrected chi connectivity index (χ1v) is 10.3. The molecule has 6 nitrogen and oxygen atoms in total. The van der Waals surface area contributed by atoms with Gasteiger partial charge >= 0.3 is 0 Å². The highest BCUT2D eigenvalue weighted by molar-refractivity contribution is 6.01. The molecule has 1 saturated carbocycles. The van der Waals surface area contributed by atoms with Crippen LogP contribution in [0, 0.1) is 17.5 Å². The van der Waals surface area contributed by atoms with Crippen LogP contribution in [0.15, 0.2) is 36.7 Å². The Hall–Kier alpha value is -3.07. The van der Waals surface area contributed by atoms with E-state index < -0.39 is 35.5 Å². The Labute approximate surface area is 176 Å². The van der Waals surface area contributed by atoms with Gasteiger partial charge in [0.2, 0.25) is 0 Å². The average Bonchev–Trinajstić information content (AvgIpc) is 3.36. The van der Waals surface area contributed by atoms with Crippen molar-refractivity contribution in [3.05, 3.63) is 65.2 Å². The SMILES string of the molecule is O=C(NC1CC(O)C1)c1cnn2ccc(N3CCCC3c3cc(F)ccc3F)c(F)c12. The zero-order chi connectivity index (χ0) is 21.7. The first kappa shape index (κ1) is 19.9. The van der Waals surface area contributed by atoms with Crippen LogP contribution in [0.5, 0.6) is 0 Å². The Bertz CT molecular complexity index is 1160. The van der Waals surface area contributed by atoms with E-state index >= 15 is 4.39 Å². The maximum atomic E-state index is 15.6. The molecule has 1 aliphatic carbocycles. The summed E-state index contributed by atoms with van der Waals surface area (Å²) in [5.41, 5.74) is 0.521. The first-order chi connectivity index (χ1) is 14.9. The molecule has 0 spiro atoms. The number of fused-ring (bicyclic) bond motifs is 1. The number of nitrogens with zero attached hydrogens (tertiary/aromatic N) is 3. The Kier molecular flexibility index (Phi) is 4.85. The molecular formula is C22H21F3N4O2. The third-order valence-electron chi connectivity index (χ3n) is 6.17. The quantitative estimate of drug-likeness (QED) is 0.666.